The van der Waals surface area contributed by atoms with Crippen molar-refractivity contribution in [2.45, 2.75) is 24.9 Å². The van der Waals surface area contributed by atoms with Crippen LogP contribution in [0.25, 0.3) is 0 Å². The molecule has 0 aliphatic carbocycles. The van der Waals surface area contributed by atoms with Crippen LogP contribution in [0.3, 0.4) is 0 Å². The lowest BCUT2D eigenvalue weighted by molar-refractivity contribution is -0.118. The fraction of sp³-hybridized carbons (Fsp3) is 0.556. The standard InChI is InChI=1S/C18H27N5O2/c1-20(2)12-17(24)21(3)13-6-8-14(9-7-13)23-11-16-15(19)5-4-10-22(16)18(23)25/h6-9,15-16H,4-5,10-12,19H2,1-3H3/t15-,16-/m1/s1. The first-order valence-corrected chi connectivity index (χ1v) is 8.73. The summed E-state index contributed by atoms with van der Waals surface area (Å²) in [5.41, 5.74) is 7.86. The van der Waals surface area contributed by atoms with Crippen LogP contribution >= 0.6 is 0 Å². The van der Waals surface area contributed by atoms with Gasteiger partial charge < -0.3 is 20.4 Å². The van der Waals surface area contributed by atoms with Gasteiger partial charge in [0.1, 0.15) is 0 Å². The van der Waals surface area contributed by atoms with Crippen molar-refractivity contribution in [2.75, 3.05) is 50.6 Å². The minimum atomic E-state index is 0.0260. The summed E-state index contributed by atoms with van der Waals surface area (Å²) in [5, 5.41) is 0. The summed E-state index contributed by atoms with van der Waals surface area (Å²) < 4.78 is 0. The van der Waals surface area contributed by atoms with Gasteiger partial charge in [-0.1, -0.05) is 0 Å². The lowest BCUT2D eigenvalue weighted by Crippen LogP contribution is -2.50. The van der Waals surface area contributed by atoms with Gasteiger partial charge in [0.15, 0.2) is 0 Å². The monoisotopic (exact) mass is 345 g/mol. The Morgan fingerprint density at radius 2 is 1.92 bits per heavy atom. The van der Waals surface area contributed by atoms with Crippen molar-refractivity contribution in [3.05, 3.63) is 24.3 Å². The van der Waals surface area contributed by atoms with Gasteiger partial charge in [-0.05, 0) is 51.2 Å². The van der Waals surface area contributed by atoms with E-state index in [0.29, 0.717) is 13.1 Å². The van der Waals surface area contributed by atoms with E-state index in [1.807, 2.05) is 48.2 Å². The Balaban J connectivity index is 1.72. The molecule has 0 bridgehead atoms. The van der Waals surface area contributed by atoms with E-state index in [2.05, 4.69) is 0 Å². The number of rotatable bonds is 4. The summed E-state index contributed by atoms with van der Waals surface area (Å²) >= 11 is 0. The van der Waals surface area contributed by atoms with Crippen LogP contribution in [-0.2, 0) is 4.79 Å². The van der Waals surface area contributed by atoms with E-state index in [0.717, 1.165) is 30.8 Å². The number of urea groups is 1. The van der Waals surface area contributed by atoms with E-state index in [-0.39, 0.29) is 24.0 Å². The molecule has 1 aromatic rings. The van der Waals surface area contributed by atoms with Crippen molar-refractivity contribution in [3.8, 4) is 0 Å². The number of nitrogens with zero attached hydrogens (tertiary/aromatic N) is 4. The molecule has 2 fully saturated rings. The molecule has 7 nitrogen and oxygen atoms in total. The van der Waals surface area contributed by atoms with Crippen molar-refractivity contribution in [1.82, 2.24) is 9.80 Å². The summed E-state index contributed by atoms with van der Waals surface area (Å²) in [5.74, 6) is 0.0260. The number of piperidine rings is 1. The van der Waals surface area contributed by atoms with Gasteiger partial charge in [-0.25, -0.2) is 4.79 Å². The van der Waals surface area contributed by atoms with Crippen molar-refractivity contribution in [1.29, 1.82) is 0 Å². The van der Waals surface area contributed by atoms with Crippen LogP contribution in [0.2, 0.25) is 0 Å². The molecule has 2 aliphatic rings. The quantitative estimate of drug-likeness (QED) is 0.882. The average molecular weight is 345 g/mol. The molecule has 3 amide bonds. The molecule has 0 radical (unpaired) electrons. The smallest absolute Gasteiger partial charge is 0.324 e. The molecular formula is C18H27N5O2. The molecule has 2 heterocycles. The molecular weight excluding hydrogens is 318 g/mol. The normalized spacial score (nSPS) is 23.2. The van der Waals surface area contributed by atoms with Gasteiger partial charge in [0, 0.05) is 37.6 Å². The highest BCUT2D eigenvalue weighted by Crippen LogP contribution is 2.30. The minimum Gasteiger partial charge on any atom is -0.326 e. The maximum Gasteiger partial charge on any atom is 0.324 e. The molecule has 0 aromatic heterocycles. The predicted octanol–water partition coefficient (Wildman–Crippen LogP) is 0.943. The third-order valence-corrected chi connectivity index (χ3v) is 5.05. The maximum absolute atomic E-state index is 12.7. The van der Waals surface area contributed by atoms with E-state index in [1.54, 1.807) is 16.8 Å². The Labute approximate surface area is 149 Å². The molecule has 3 rings (SSSR count). The lowest BCUT2D eigenvalue weighted by Gasteiger charge is -2.32. The Morgan fingerprint density at radius 3 is 2.52 bits per heavy atom. The highest BCUT2D eigenvalue weighted by molar-refractivity contribution is 5.96. The largest absolute Gasteiger partial charge is 0.326 e. The van der Waals surface area contributed by atoms with E-state index >= 15 is 0 Å². The van der Waals surface area contributed by atoms with E-state index in [1.165, 1.54) is 0 Å². The van der Waals surface area contributed by atoms with Gasteiger partial charge in [0.05, 0.1) is 12.6 Å². The first-order valence-electron chi connectivity index (χ1n) is 8.73. The number of likely N-dealkylation sites (N-methyl/N-ethyl adjacent to an activating group) is 2. The van der Waals surface area contributed by atoms with Crippen molar-refractivity contribution in [3.63, 3.8) is 0 Å². The Morgan fingerprint density at radius 1 is 1.24 bits per heavy atom. The van der Waals surface area contributed by atoms with Crippen LogP contribution in [0.5, 0.6) is 0 Å². The number of hydrogen-bond donors (Lipinski definition) is 1. The molecule has 2 atom stereocenters. The number of carbonyl (C=O) groups is 2. The fourth-order valence-corrected chi connectivity index (χ4v) is 3.57. The van der Waals surface area contributed by atoms with Crippen molar-refractivity contribution >= 4 is 23.3 Å². The third kappa shape index (κ3) is 3.48. The number of anilines is 2. The van der Waals surface area contributed by atoms with E-state index in [9.17, 15) is 9.59 Å². The zero-order valence-corrected chi connectivity index (χ0v) is 15.2. The summed E-state index contributed by atoms with van der Waals surface area (Å²) in [6.45, 7) is 1.78. The predicted molar refractivity (Wildman–Crippen MR) is 98.9 cm³/mol. The Bertz CT molecular complexity index is 645. The molecule has 2 aliphatic heterocycles. The first-order chi connectivity index (χ1) is 11.9. The number of hydrogen-bond acceptors (Lipinski definition) is 4. The third-order valence-electron chi connectivity index (χ3n) is 5.05. The molecule has 136 valence electrons. The number of nitrogens with two attached hydrogens (primary N) is 1. The highest BCUT2D eigenvalue weighted by atomic mass is 16.2. The zero-order chi connectivity index (χ0) is 18.1. The molecule has 1 aromatic carbocycles. The average Bonchev–Trinajstić information content (AvgIpc) is 2.92. The second-order valence-corrected chi connectivity index (χ2v) is 7.17. The molecule has 0 spiro atoms. The van der Waals surface area contributed by atoms with Crippen molar-refractivity contribution in [2.24, 2.45) is 5.73 Å². The van der Waals surface area contributed by atoms with E-state index in [4.69, 9.17) is 5.73 Å². The summed E-state index contributed by atoms with van der Waals surface area (Å²) in [4.78, 5) is 32.0. The van der Waals surface area contributed by atoms with Gasteiger partial charge in [-0.15, -0.1) is 0 Å². The summed E-state index contributed by atoms with van der Waals surface area (Å²) in [6.07, 6.45) is 1.94. The molecule has 25 heavy (non-hydrogen) atoms. The number of fused-ring (bicyclic) bond motifs is 1. The Kier molecular flexibility index (Phi) is 4.96. The number of carbonyl (C=O) groups excluding carboxylic acids is 2. The topological polar surface area (TPSA) is 73.1 Å². The summed E-state index contributed by atoms with van der Waals surface area (Å²) in [7, 11) is 5.50. The van der Waals surface area contributed by atoms with Gasteiger partial charge in [-0.3, -0.25) is 9.69 Å². The second-order valence-electron chi connectivity index (χ2n) is 7.17. The van der Waals surface area contributed by atoms with Crippen LogP contribution in [0.4, 0.5) is 16.2 Å². The van der Waals surface area contributed by atoms with E-state index < -0.39 is 0 Å². The van der Waals surface area contributed by atoms with Crippen LogP contribution < -0.4 is 15.5 Å². The zero-order valence-electron chi connectivity index (χ0n) is 15.2. The SMILES string of the molecule is CN(C)CC(=O)N(C)c1ccc(N2C[C@@H]3[C@H](N)CCCN3C2=O)cc1. The molecule has 0 saturated carbocycles. The maximum atomic E-state index is 12.7. The fourth-order valence-electron chi connectivity index (χ4n) is 3.57. The first kappa shape index (κ1) is 17.7. The van der Waals surface area contributed by atoms with Crippen LogP contribution in [0.1, 0.15) is 12.8 Å². The summed E-state index contributed by atoms with van der Waals surface area (Å²) in [6, 6.07) is 7.75. The second kappa shape index (κ2) is 7.01. The molecule has 2 saturated heterocycles. The highest BCUT2D eigenvalue weighted by Gasteiger charge is 2.42. The van der Waals surface area contributed by atoms with Crippen LogP contribution in [0, 0.1) is 0 Å². The minimum absolute atomic E-state index is 0.0260. The van der Waals surface area contributed by atoms with Crippen LogP contribution in [-0.4, -0.2) is 74.6 Å². The molecule has 0 unspecified atom stereocenters. The number of benzene rings is 1. The Hall–Kier alpha value is -2.12. The van der Waals surface area contributed by atoms with Gasteiger partial charge in [0.25, 0.3) is 0 Å². The van der Waals surface area contributed by atoms with Gasteiger partial charge in [-0.2, -0.15) is 0 Å². The van der Waals surface area contributed by atoms with Crippen LogP contribution in [0.15, 0.2) is 24.3 Å². The lowest BCUT2D eigenvalue weighted by atomic mass is 9.99. The van der Waals surface area contributed by atoms with Gasteiger partial charge >= 0.3 is 6.03 Å². The van der Waals surface area contributed by atoms with Gasteiger partial charge in [0.2, 0.25) is 5.91 Å². The molecule has 2 N–H and O–H groups in total. The number of amides is 3. The van der Waals surface area contributed by atoms with Crippen molar-refractivity contribution < 1.29 is 9.59 Å². The molecule has 7 heteroatoms.